The Labute approximate surface area is 131 Å². The first kappa shape index (κ1) is 14.5. The van der Waals surface area contributed by atoms with E-state index in [0.717, 1.165) is 37.4 Å². The summed E-state index contributed by atoms with van der Waals surface area (Å²) in [7, 11) is 0. The highest BCUT2D eigenvalue weighted by Crippen LogP contribution is 2.21. The summed E-state index contributed by atoms with van der Waals surface area (Å²) in [6.45, 7) is 6.76. The van der Waals surface area contributed by atoms with Crippen LogP contribution in [-0.4, -0.2) is 40.6 Å². The van der Waals surface area contributed by atoms with Crippen LogP contribution in [0, 0.1) is 0 Å². The smallest absolute Gasteiger partial charge is 0.233 e. The Morgan fingerprint density at radius 1 is 1.52 bits per heavy atom. The van der Waals surface area contributed by atoms with E-state index in [4.69, 9.17) is 0 Å². The van der Waals surface area contributed by atoms with Gasteiger partial charge in [0.05, 0.1) is 6.20 Å². The number of hydrogen-bond donors (Lipinski definition) is 2. The third-order valence-electron chi connectivity index (χ3n) is 3.87. The summed E-state index contributed by atoms with van der Waals surface area (Å²) in [4.78, 5) is 26.9. The number of nitrogens with zero attached hydrogens (tertiary/aromatic N) is 3. The Kier molecular flexibility index (Phi) is 3.95. The van der Waals surface area contributed by atoms with E-state index in [9.17, 15) is 4.79 Å². The molecule has 3 rings (SSSR count). The second-order valence-corrected chi connectivity index (χ2v) is 6.08. The molecule has 21 heavy (non-hydrogen) atoms. The van der Waals surface area contributed by atoms with Crippen LogP contribution in [0.2, 0.25) is 0 Å². The highest BCUT2D eigenvalue weighted by atomic mass is 79.9. The van der Waals surface area contributed by atoms with E-state index in [0.29, 0.717) is 15.8 Å². The van der Waals surface area contributed by atoms with Gasteiger partial charge in [-0.3, -0.25) is 4.79 Å². The van der Waals surface area contributed by atoms with Gasteiger partial charge < -0.3 is 15.2 Å². The predicted octanol–water partition coefficient (Wildman–Crippen LogP) is 1.44. The molecular weight excluding hydrogens is 334 g/mol. The van der Waals surface area contributed by atoms with Gasteiger partial charge in [-0.15, -0.1) is 0 Å². The van der Waals surface area contributed by atoms with E-state index in [1.807, 2.05) is 6.92 Å². The number of pyridine rings is 1. The molecule has 0 aromatic carbocycles. The molecule has 1 aliphatic heterocycles. The standard InChI is InChI=1S/C14H18BrN5O/c1-3-9-12(20-5-4-16-6-8(20)2)13(21)11-14(18-9)17-7-10(15)19-11/h7-8,16H,3-6H2,1-2H3,(H,17,18,21). The van der Waals surface area contributed by atoms with Crippen LogP contribution >= 0.6 is 15.9 Å². The van der Waals surface area contributed by atoms with Gasteiger partial charge in [0.1, 0.15) is 10.3 Å². The molecule has 1 fully saturated rings. The Balaban J connectivity index is 2.24. The van der Waals surface area contributed by atoms with Crippen LogP contribution in [0.3, 0.4) is 0 Å². The van der Waals surface area contributed by atoms with Crippen LogP contribution in [0.15, 0.2) is 15.6 Å². The summed E-state index contributed by atoms with van der Waals surface area (Å²) in [6.07, 6.45) is 2.36. The van der Waals surface area contributed by atoms with Crippen molar-refractivity contribution in [1.29, 1.82) is 0 Å². The molecule has 0 saturated carbocycles. The van der Waals surface area contributed by atoms with Crippen molar-refractivity contribution in [3.8, 4) is 0 Å². The maximum Gasteiger partial charge on any atom is 0.233 e. The first-order valence-electron chi connectivity index (χ1n) is 7.16. The SMILES string of the molecule is CCc1[nH]c2ncc(Br)nc2c(=O)c1N1CCNCC1C. The molecule has 2 N–H and O–H groups in total. The summed E-state index contributed by atoms with van der Waals surface area (Å²) in [5, 5.41) is 3.35. The zero-order valence-corrected chi connectivity index (χ0v) is 13.7. The van der Waals surface area contributed by atoms with Gasteiger partial charge >= 0.3 is 0 Å². The van der Waals surface area contributed by atoms with Crippen LogP contribution in [0.1, 0.15) is 19.5 Å². The minimum absolute atomic E-state index is 0.0387. The van der Waals surface area contributed by atoms with E-state index in [-0.39, 0.29) is 11.5 Å². The number of hydrogen-bond acceptors (Lipinski definition) is 5. The maximum atomic E-state index is 12.9. The van der Waals surface area contributed by atoms with Crippen molar-refractivity contribution in [2.45, 2.75) is 26.3 Å². The molecule has 2 aromatic heterocycles. The van der Waals surface area contributed by atoms with Crippen molar-refractivity contribution in [3.63, 3.8) is 0 Å². The summed E-state index contributed by atoms with van der Waals surface area (Å²) in [6, 6.07) is 0.280. The van der Waals surface area contributed by atoms with E-state index < -0.39 is 0 Å². The van der Waals surface area contributed by atoms with Gasteiger partial charge in [-0.1, -0.05) is 6.92 Å². The largest absolute Gasteiger partial charge is 0.362 e. The summed E-state index contributed by atoms with van der Waals surface area (Å²) in [5.41, 5.74) is 2.57. The van der Waals surface area contributed by atoms with Gasteiger partial charge in [-0.05, 0) is 29.3 Å². The third-order valence-corrected chi connectivity index (χ3v) is 4.25. The van der Waals surface area contributed by atoms with E-state index in [1.165, 1.54) is 0 Å². The van der Waals surface area contributed by atoms with Crippen molar-refractivity contribution in [1.82, 2.24) is 20.3 Å². The first-order chi connectivity index (χ1) is 10.1. The summed E-state index contributed by atoms with van der Waals surface area (Å²) in [5.74, 6) is 0. The Hall–Kier alpha value is -1.47. The molecule has 1 atom stereocenters. The van der Waals surface area contributed by atoms with Gasteiger partial charge in [0.25, 0.3) is 0 Å². The van der Waals surface area contributed by atoms with Crippen LogP contribution in [0.5, 0.6) is 0 Å². The molecule has 2 aromatic rings. The summed E-state index contributed by atoms with van der Waals surface area (Å²) < 4.78 is 0.573. The number of aromatic nitrogens is 3. The fourth-order valence-electron chi connectivity index (χ4n) is 2.80. The van der Waals surface area contributed by atoms with E-state index >= 15 is 0 Å². The van der Waals surface area contributed by atoms with E-state index in [1.54, 1.807) is 6.20 Å². The average Bonchev–Trinajstić information content (AvgIpc) is 2.49. The van der Waals surface area contributed by atoms with Crippen molar-refractivity contribution in [2.24, 2.45) is 0 Å². The molecule has 1 unspecified atom stereocenters. The maximum absolute atomic E-state index is 12.9. The number of nitrogens with one attached hydrogen (secondary N) is 2. The normalized spacial score (nSPS) is 19.2. The van der Waals surface area contributed by atoms with Gasteiger partial charge in [0, 0.05) is 31.4 Å². The highest BCUT2D eigenvalue weighted by Gasteiger charge is 2.24. The lowest BCUT2D eigenvalue weighted by Crippen LogP contribution is -2.51. The number of halogens is 1. The molecule has 0 spiro atoms. The topological polar surface area (TPSA) is 73.9 Å². The quantitative estimate of drug-likeness (QED) is 0.856. The Bertz CT molecular complexity index is 729. The van der Waals surface area contributed by atoms with Gasteiger partial charge in [-0.2, -0.15) is 0 Å². The Morgan fingerprint density at radius 3 is 3.05 bits per heavy atom. The zero-order valence-electron chi connectivity index (χ0n) is 12.1. The molecule has 0 amide bonds. The van der Waals surface area contributed by atoms with Gasteiger partial charge in [-0.25, -0.2) is 9.97 Å². The average molecular weight is 352 g/mol. The third kappa shape index (κ3) is 2.55. The first-order valence-corrected chi connectivity index (χ1v) is 7.96. The molecule has 7 heteroatoms. The molecule has 1 saturated heterocycles. The van der Waals surface area contributed by atoms with Gasteiger partial charge in [0.15, 0.2) is 11.2 Å². The molecule has 0 aliphatic carbocycles. The van der Waals surface area contributed by atoms with Crippen LogP contribution in [0.25, 0.3) is 11.2 Å². The number of rotatable bonds is 2. The van der Waals surface area contributed by atoms with Crippen LogP contribution in [-0.2, 0) is 6.42 Å². The number of anilines is 1. The minimum Gasteiger partial charge on any atom is -0.362 e. The molecule has 3 heterocycles. The molecule has 0 radical (unpaired) electrons. The number of aryl methyl sites for hydroxylation is 1. The monoisotopic (exact) mass is 351 g/mol. The lowest BCUT2D eigenvalue weighted by atomic mass is 10.1. The fraction of sp³-hybridized carbons (Fsp3) is 0.500. The van der Waals surface area contributed by atoms with Crippen molar-refractivity contribution in [2.75, 3.05) is 24.5 Å². The second-order valence-electron chi connectivity index (χ2n) is 5.27. The van der Waals surface area contributed by atoms with Crippen LogP contribution in [0.4, 0.5) is 5.69 Å². The zero-order chi connectivity index (χ0) is 15.0. The highest BCUT2D eigenvalue weighted by molar-refractivity contribution is 9.10. The van der Waals surface area contributed by atoms with Crippen LogP contribution < -0.4 is 15.6 Å². The Morgan fingerprint density at radius 2 is 2.33 bits per heavy atom. The fourth-order valence-corrected chi connectivity index (χ4v) is 3.08. The van der Waals surface area contributed by atoms with Crippen molar-refractivity contribution >= 4 is 32.8 Å². The lowest BCUT2D eigenvalue weighted by Gasteiger charge is -2.36. The molecular formula is C14H18BrN5O. The second kappa shape index (κ2) is 5.73. The van der Waals surface area contributed by atoms with E-state index in [2.05, 4.69) is 48.0 Å². The molecule has 6 nitrogen and oxygen atoms in total. The molecule has 112 valence electrons. The van der Waals surface area contributed by atoms with Gasteiger partial charge in [0.2, 0.25) is 5.43 Å². The number of fused-ring (bicyclic) bond motifs is 1. The minimum atomic E-state index is -0.0387. The molecule has 0 bridgehead atoms. The summed E-state index contributed by atoms with van der Waals surface area (Å²) >= 11 is 3.28. The number of H-pyrrole nitrogens is 1. The number of piperazine rings is 1. The number of aromatic amines is 1. The van der Waals surface area contributed by atoms with Crippen molar-refractivity contribution < 1.29 is 0 Å². The lowest BCUT2D eigenvalue weighted by molar-refractivity contribution is 0.498. The molecule has 1 aliphatic rings. The predicted molar refractivity (Wildman–Crippen MR) is 86.9 cm³/mol. The van der Waals surface area contributed by atoms with Crippen molar-refractivity contribution in [3.05, 3.63) is 26.7 Å².